The van der Waals surface area contributed by atoms with Gasteiger partial charge in [-0.25, -0.2) is 4.39 Å². The molecule has 1 unspecified atom stereocenters. The van der Waals surface area contributed by atoms with Crippen LogP contribution in [0, 0.1) is 11.7 Å². The Balaban J connectivity index is 1.82. The second-order valence-corrected chi connectivity index (χ2v) is 6.33. The summed E-state index contributed by atoms with van der Waals surface area (Å²) >= 11 is 0. The van der Waals surface area contributed by atoms with E-state index in [0.717, 1.165) is 5.56 Å². The summed E-state index contributed by atoms with van der Waals surface area (Å²) in [6.07, 6.45) is 1.47. The third-order valence-electron chi connectivity index (χ3n) is 4.32. The average molecular weight is 343 g/mol. The molecule has 3 rings (SSSR count). The van der Waals surface area contributed by atoms with Gasteiger partial charge in [-0.15, -0.1) is 0 Å². The summed E-state index contributed by atoms with van der Waals surface area (Å²) < 4.78 is 14.5. The predicted molar refractivity (Wildman–Crippen MR) is 87.4 cm³/mol. The van der Waals surface area contributed by atoms with Crippen molar-refractivity contribution in [2.45, 2.75) is 26.4 Å². The minimum absolute atomic E-state index is 0.0931. The maximum absolute atomic E-state index is 13.0. The standard InChI is InChI=1S/C18H18FN3O3/c1-11(2)21-10-14(17(24)18(21)25)16(23)15-7-8-20-22(15)9-12-3-5-13(19)6-4-12/h3-8,11,14H,9-10H2,1-2H3. The molecule has 1 aromatic carbocycles. The zero-order valence-corrected chi connectivity index (χ0v) is 14.0. The highest BCUT2D eigenvalue weighted by Crippen LogP contribution is 2.21. The summed E-state index contributed by atoms with van der Waals surface area (Å²) in [6.45, 7) is 3.97. The van der Waals surface area contributed by atoms with E-state index in [4.69, 9.17) is 0 Å². The van der Waals surface area contributed by atoms with Crippen LogP contribution in [0.1, 0.15) is 29.9 Å². The topological polar surface area (TPSA) is 72.3 Å². The first kappa shape index (κ1) is 17.0. The fourth-order valence-corrected chi connectivity index (χ4v) is 2.91. The molecule has 7 heteroatoms. The average Bonchev–Trinajstić information content (AvgIpc) is 3.15. The van der Waals surface area contributed by atoms with Crippen LogP contribution in [0.2, 0.25) is 0 Å². The number of carbonyl (C=O) groups is 3. The molecule has 1 aliphatic rings. The number of Topliss-reactive ketones (excluding diaryl/α,β-unsaturated/α-hetero) is 2. The first-order valence-corrected chi connectivity index (χ1v) is 8.03. The molecular weight excluding hydrogens is 325 g/mol. The van der Waals surface area contributed by atoms with Crippen molar-refractivity contribution in [1.29, 1.82) is 0 Å². The summed E-state index contributed by atoms with van der Waals surface area (Å²) in [4.78, 5) is 38.4. The molecule has 25 heavy (non-hydrogen) atoms. The monoisotopic (exact) mass is 343 g/mol. The summed E-state index contributed by atoms with van der Waals surface area (Å²) in [7, 11) is 0. The minimum atomic E-state index is -1.00. The van der Waals surface area contributed by atoms with Crippen molar-refractivity contribution in [3.63, 3.8) is 0 Å². The Hall–Kier alpha value is -2.83. The van der Waals surface area contributed by atoms with E-state index in [2.05, 4.69) is 5.10 Å². The highest BCUT2D eigenvalue weighted by molar-refractivity contribution is 6.43. The van der Waals surface area contributed by atoms with Crippen molar-refractivity contribution in [3.8, 4) is 0 Å². The molecule has 6 nitrogen and oxygen atoms in total. The normalized spacial score (nSPS) is 17.6. The molecule has 0 radical (unpaired) electrons. The lowest BCUT2D eigenvalue weighted by Gasteiger charge is -2.19. The Morgan fingerprint density at radius 2 is 1.92 bits per heavy atom. The van der Waals surface area contributed by atoms with Gasteiger partial charge in [-0.05, 0) is 37.6 Å². The largest absolute Gasteiger partial charge is 0.332 e. The first-order chi connectivity index (χ1) is 11.9. The number of aromatic nitrogens is 2. The van der Waals surface area contributed by atoms with Crippen molar-refractivity contribution in [2.24, 2.45) is 5.92 Å². The van der Waals surface area contributed by atoms with Gasteiger partial charge >= 0.3 is 0 Å². The molecule has 1 aromatic heterocycles. The van der Waals surface area contributed by atoms with E-state index in [1.807, 2.05) is 0 Å². The van der Waals surface area contributed by atoms with Crippen LogP contribution in [0.3, 0.4) is 0 Å². The lowest BCUT2D eigenvalue weighted by atomic mass is 9.99. The fraction of sp³-hybridized carbons (Fsp3) is 0.333. The molecule has 0 spiro atoms. The molecule has 1 aliphatic heterocycles. The Kier molecular flexibility index (Phi) is 4.48. The molecule has 1 amide bonds. The van der Waals surface area contributed by atoms with E-state index in [9.17, 15) is 18.8 Å². The lowest BCUT2D eigenvalue weighted by molar-refractivity contribution is -0.141. The molecule has 1 saturated heterocycles. The first-order valence-electron chi connectivity index (χ1n) is 8.03. The van der Waals surface area contributed by atoms with E-state index in [0.29, 0.717) is 0 Å². The molecular formula is C18H18FN3O3. The number of halogens is 1. The smallest absolute Gasteiger partial charge is 0.291 e. The van der Waals surface area contributed by atoms with Gasteiger partial charge in [-0.3, -0.25) is 19.1 Å². The van der Waals surface area contributed by atoms with Gasteiger partial charge in [0.15, 0.2) is 5.78 Å². The number of likely N-dealkylation sites (tertiary alicyclic amines) is 1. The molecule has 2 aromatic rings. The Labute approximate surface area is 144 Å². The van der Waals surface area contributed by atoms with Gasteiger partial charge in [0, 0.05) is 18.8 Å². The van der Waals surface area contributed by atoms with Crippen molar-refractivity contribution >= 4 is 17.5 Å². The minimum Gasteiger partial charge on any atom is -0.332 e. The summed E-state index contributed by atoms with van der Waals surface area (Å²) in [5.74, 6) is -3.05. The van der Waals surface area contributed by atoms with Crippen LogP contribution in [0.25, 0.3) is 0 Å². The molecule has 0 saturated carbocycles. The third-order valence-corrected chi connectivity index (χ3v) is 4.32. The van der Waals surface area contributed by atoms with E-state index >= 15 is 0 Å². The number of nitrogens with zero attached hydrogens (tertiary/aromatic N) is 3. The molecule has 0 N–H and O–H groups in total. The summed E-state index contributed by atoms with van der Waals surface area (Å²) in [5, 5.41) is 4.12. The van der Waals surface area contributed by atoms with Gasteiger partial charge in [-0.2, -0.15) is 5.10 Å². The molecule has 2 heterocycles. The van der Waals surface area contributed by atoms with Crippen LogP contribution >= 0.6 is 0 Å². The molecule has 0 aliphatic carbocycles. The number of amides is 1. The molecule has 1 atom stereocenters. The van der Waals surface area contributed by atoms with Gasteiger partial charge in [0.05, 0.1) is 6.54 Å². The van der Waals surface area contributed by atoms with Crippen LogP contribution in [0.5, 0.6) is 0 Å². The van der Waals surface area contributed by atoms with Crippen molar-refractivity contribution in [2.75, 3.05) is 6.54 Å². The summed E-state index contributed by atoms with van der Waals surface area (Å²) in [5.41, 5.74) is 1.04. The lowest BCUT2D eigenvalue weighted by Crippen LogP contribution is -2.33. The number of hydrogen-bond acceptors (Lipinski definition) is 4. The quantitative estimate of drug-likeness (QED) is 0.470. The number of carbonyl (C=O) groups excluding carboxylic acids is 3. The number of benzene rings is 1. The summed E-state index contributed by atoms with van der Waals surface area (Å²) in [6, 6.07) is 7.27. The van der Waals surface area contributed by atoms with Crippen LogP contribution in [-0.2, 0) is 16.1 Å². The maximum atomic E-state index is 13.0. The van der Waals surface area contributed by atoms with E-state index in [1.165, 1.54) is 34.0 Å². The van der Waals surface area contributed by atoms with E-state index in [1.54, 1.807) is 26.0 Å². The predicted octanol–water partition coefficient (Wildman–Crippen LogP) is 1.69. The highest BCUT2D eigenvalue weighted by atomic mass is 19.1. The van der Waals surface area contributed by atoms with Gasteiger partial charge in [0.25, 0.3) is 5.91 Å². The SMILES string of the molecule is CC(C)N1CC(C(=O)c2ccnn2Cc2ccc(F)cc2)C(=O)C1=O. The van der Waals surface area contributed by atoms with E-state index < -0.39 is 23.4 Å². The number of ketones is 2. The molecule has 1 fully saturated rings. The van der Waals surface area contributed by atoms with Gasteiger partial charge in [0.2, 0.25) is 5.78 Å². The fourth-order valence-electron chi connectivity index (χ4n) is 2.91. The number of hydrogen-bond donors (Lipinski definition) is 0. The van der Waals surface area contributed by atoms with Crippen LogP contribution in [-0.4, -0.2) is 44.7 Å². The zero-order valence-electron chi connectivity index (χ0n) is 14.0. The van der Waals surface area contributed by atoms with E-state index in [-0.39, 0.29) is 30.6 Å². The van der Waals surface area contributed by atoms with Gasteiger partial charge in [0.1, 0.15) is 17.4 Å². The van der Waals surface area contributed by atoms with Crippen molar-refractivity contribution < 1.29 is 18.8 Å². The Morgan fingerprint density at radius 1 is 1.24 bits per heavy atom. The van der Waals surface area contributed by atoms with Crippen molar-refractivity contribution in [3.05, 3.63) is 53.6 Å². The van der Waals surface area contributed by atoms with Crippen molar-refractivity contribution in [1.82, 2.24) is 14.7 Å². The van der Waals surface area contributed by atoms with Crippen LogP contribution in [0.15, 0.2) is 36.5 Å². The zero-order chi connectivity index (χ0) is 18.1. The Morgan fingerprint density at radius 3 is 2.52 bits per heavy atom. The molecule has 130 valence electrons. The second kappa shape index (κ2) is 6.58. The highest BCUT2D eigenvalue weighted by Gasteiger charge is 2.44. The maximum Gasteiger partial charge on any atom is 0.291 e. The molecule has 0 bridgehead atoms. The Bertz CT molecular complexity index is 826. The van der Waals surface area contributed by atoms with Crippen LogP contribution < -0.4 is 0 Å². The number of rotatable bonds is 5. The second-order valence-electron chi connectivity index (χ2n) is 6.33. The van der Waals surface area contributed by atoms with Gasteiger partial charge < -0.3 is 4.90 Å². The third kappa shape index (κ3) is 3.22. The van der Waals surface area contributed by atoms with Gasteiger partial charge in [-0.1, -0.05) is 12.1 Å². The van der Waals surface area contributed by atoms with Crippen LogP contribution in [0.4, 0.5) is 4.39 Å².